The molecule has 2 fully saturated rings. The molecule has 0 aromatic heterocycles. The summed E-state index contributed by atoms with van der Waals surface area (Å²) in [5.74, 6) is 0. The third-order valence-corrected chi connectivity index (χ3v) is 4.31. The summed E-state index contributed by atoms with van der Waals surface area (Å²) in [7, 11) is 1.80. The van der Waals surface area contributed by atoms with Crippen molar-refractivity contribution in [1.29, 1.82) is 0 Å². The summed E-state index contributed by atoms with van der Waals surface area (Å²) in [5.41, 5.74) is 5.98. The Kier molecular flexibility index (Phi) is 4.79. The number of ether oxygens (including phenoxy) is 2. The SMILES string of the molecule is COC1CCCCC1(CN)NCC1CCCO1. The second-order valence-electron chi connectivity index (χ2n) is 5.35. The van der Waals surface area contributed by atoms with Crippen LogP contribution in [-0.4, -0.2) is 44.6 Å². The van der Waals surface area contributed by atoms with Crippen LogP contribution >= 0.6 is 0 Å². The van der Waals surface area contributed by atoms with Crippen molar-refractivity contribution in [3.05, 3.63) is 0 Å². The van der Waals surface area contributed by atoms with E-state index in [1.54, 1.807) is 7.11 Å². The van der Waals surface area contributed by atoms with Crippen molar-refractivity contribution in [2.45, 2.75) is 56.3 Å². The molecule has 1 aliphatic carbocycles. The molecule has 0 aromatic carbocycles. The fourth-order valence-electron chi connectivity index (χ4n) is 3.18. The summed E-state index contributed by atoms with van der Waals surface area (Å²) in [4.78, 5) is 0. The van der Waals surface area contributed by atoms with Crippen LogP contribution in [0, 0.1) is 0 Å². The van der Waals surface area contributed by atoms with Gasteiger partial charge in [0.2, 0.25) is 0 Å². The molecule has 17 heavy (non-hydrogen) atoms. The highest BCUT2D eigenvalue weighted by Crippen LogP contribution is 2.30. The molecule has 2 aliphatic rings. The lowest BCUT2D eigenvalue weighted by Gasteiger charge is -2.44. The standard InChI is InChI=1S/C13H26N2O2/c1-16-12-6-2-3-7-13(12,10-14)15-9-11-5-4-8-17-11/h11-12,15H,2-10,14H2,1H3. The summed E-state index contributed by atoms with van der Waals surface area (Å²) in [6.45, 7) is 2.48. The second kappa shape index (κ2) is 6.14. The van der Waals surface area contributed by atoms with Gasteiger partial charge in [-0.15, -0.1) is 0 Å². The van der Waals surface area contributed by atoms with Crippen molar-refractivity contribution in [2.24, 2.45) is 5.73 Å². The van der Waals surface area contributed by atoms with E-state index in [0.29, 0.717) is 12.6 Å². The topological polar surface area (TPSA) is 56.5 Å². The number of rotatable bonds is 5. The molecule has 0 aromatic rings. The van der Waals surface area contributed by atoms with Gasteiger partial charge in [-0.25, -0.2) is 0 Å². The maximum Gasteiger partial charge on any atom is 0.0765 e. The number of nitrogens with one attached hydrogen (secondary N) is 1. The molecule has 3 atom stereocenters. The van der Waals surface area contributed by atoms with E-state index >= 15 is 0 Å². The third kappa shape index (κ3) is 2.99. The first kappa shape index (κ1) is 13.3. The number of nitrogens with two attached hydrogens (primary N) is 1. The number of hydrogen-bond donors (Lipinski definition) is 2. The van der Waals surface area contributed by atoms with Gasteiger partial charge in [0, 0.05) is 26.8 Å². The Morgan fingerprint density at radius 3 is 2.88 bits per heavy atom. The predicted molar refractivity (Wildman–Crippen MR) is 68.0 cm³/mol. The molecule has 2 rings (SSSR count). The summed E-state index contributed by atoms with van der Waals surface area (Å²) in [6, 6.07) is 0. The van der Waals surface area contributed by atoms with E-state index in [2.05, 4.69) is 5.32 Å². The van der Waals surface area contributed by atoms with E-state index in [-0.39, 0.29) is 11.6 Å². The minimum absolute atomic E-state index is 0.0288. The Morgan fingerprint density at radius 2 is 2.24 bits per heavy atom. The van der Waals surface area contributed by atoms with E-state index in [1.165, 1.54) is 25.7 Å². The van der Waals surface area contributed by atoms with E-state index in [1.807, 2.05) is 0 Å². The van der Waals surface area contributed by atoms with Crippen LogP contribution in [0.1, 0.15) is 38.5 Å². The lowest BCUT2D eigenvalue weighted by molar-refractivity contribution is -0.0150. The number of hydrogen-bond acceptors (Lipinski definition) is 4. The van der Waals surface area contributed by atoms with E-state index in [4.69, 9.17) is 15.2 Å². The molecular formula is C13H26N2O2. The number of methoxy groups -OCH3 is 1. The van der Waals surface area contributed by atoms with Gasteiger partial charge in [-0.05, 0) is 25.7 Å². The van der Waals surface area contributed by atoms with Crippen LogP contribution in [-0.2, 0) is 9.47 Å². The molecule has 0 bridgehead atoms. The van der Waals surface area contributed by atoms with Gasteiger partial charge in [-0.2, -0.15) is 0 Å². The lowest BCUT2D eigenvalue weighted by atomic mass is 9.79. The molecule has 3 unspecified atom stereocenters. The summed E-state index contributed by atoms with van der Waals surface area (Å²) in [5, 5.41) is 3.65. The summed E-state index contributed by atoms with van der Waals surface area (Å²) in [6.07, 6.45) is 7.72. The van der Waals surface area contributed by atoms with Crippen molar-refractivity contribution in [2.75, 3.05) is 26.8 Å². The monoisotopic (exact) mass is 242 g/mol. The van der Waals surface area contributed by atoms with Gasteiger partial charge in [-0.3, -0.25) is 0 Å². The van der Waals surface area contributed by atoms with Crippen molar-refractivity contribution in [1.82, 2.24) is 5.32 Å². The van der Waals surface area contributed by atoms with Gasteiger partial charge in [0.1, 0.15) is 0 Å². The van der Waals surface area contributed by atoms with Gasteiger partial charge in [0.05, 0.1) is 17.7 Å². The first-order valence-corrected chi connectivity index (χ1v) is 6.90. The van der Waals surface area contributed by atoms with Crippen LogP contribution in [0.15, 0.2) is 0 Å². The van der Waals surface area contributed by atoms with Gasteiger partial charge < -0.3 is 20.5 Å². The highest BCUT2D eigenvalue weighted by Gasteiger charge is 2.40. The molecule has 4 nitrogen and oxygen atoms in total. The molecule has 4 heteroatoms. The summed E-state index contributed by atoms with van der Waals surface area (Å²) >= 11 is 0. The fraction of sp³-hybridized carbons (Fsp3) is 1.00. The Labute approximate surface area is 104 Å². The van der Waals surface area contributed by atoms with Gasteiger partial charge >= 0.3 is 0 Å². The van der Waals surface area contributed by atoms with Crippen LogP contribution in [0.3, 0.4) is 0 Å². The molecular weight excluding hydrogens is 216 g/mol. The van der Waals surface area contributed by atoms with Gasteiger partial charge in [0.25, 0.3) is 0 Å². The molecule has 0 amide bonds. The third-order valence-electron chi connectivity index (χ3n) is 4.31. The first-order chi connectivity index (χ1) is 8.30. The minimum atomic E-state index is -0.0288. The van der Waals surface area contributed by atoms with E-state index < -0.39 is 0 Å². The Morgan fingerprint density at radius 1 is 1.35 bits per heavy atom. The molecule has 0 spiro atoms. The predicted octanol–water partition coefficient (Wildman–Crippen LogP) is 1.04. The average molecular weight is 242 g/mol. The molecule has 0 radical (unpaired) electrons. The quantitative estimate of drug-likeness (QED) is 0.756. The molecule has 1 aliphatic heterocycles. The Hall–Kier alpha value is -0.160. The van der Waals surface area contributed by atoms with Crippen LogP contribution in [0.4, 0.5) is 0 Å². The zero-order valence-electron chi connectivity index (χ0n) is 10.9. The molecule has 1 heterocycles. The van der Waals surface area contributed by atoms with Crippen molar-refractivity contribution in [3.63, 3.8) is 0 Å². The van der Waals surface area contributed by atoms with E-state index in [9.17, 15) is 0 Å². The van der Waals surface area contributed by atoms with E-state index in [0.717, 1.165) is 26.0 Å². The zero-order valence-corrected chi connectivity index (χ0v) is 10.9. The van der Waals surface area contributed by atoms with Crippen LogP contribution in [0.5, 0.6) is 0 Å². The lowest BCUT2D eigenvalue weighted by Crippen LogP contribution is -2.62. The maximum absolute atomic E-state index is 6.01. The van der Waals surface area contributed by atoms with Gasteiger partial charge in [0.15, 0.2) is 0 Å². The smallest absolute Gasteiger partial charge is 0.0765 e. The second-order valence-corrected chi connectivity index (χ2v) is 5.35. The molecule has 1 saturated heterocycles. The van der Waals surface area contributed by atoms with Gasteiger partial charge in [-0.1, -0.05) is 12.8 Å². The average Bonchev–Trinajstić information content (AvgIpc) is 2.89. The minimum Gasteiger partial charge on any atom is -0.379 e. The highest BCUT2D eigenvalue weighted by atomic mass is 16.5. The highest BCUT2D eigenvalue weighted by molar-refractivity contribution is 4.99. The van der Waals surface area contributed by atoms with Crippen molar-refractivity contribution < 1.29 is 9.47 Å². The molecule has 100 valence electrons. The van der Waals surface area contributed by atoms with Crippen molar-refractivity contribution in [3.8, 4) is 0 Å². The summed E-state index contributed by atoms with van der Waals surface area (Å²) < 4.78 is 11.3. The normalized spacial score (nSPS) is 38.5. The maximum atomic E-state index is 6.01. The first-order valence-electron chi connectivity index (χ1n) is 6.90. The molecule has 1 saturated carbocycles. The largest absolute Gasteiger partial charge is 0.379 e. The zero-order chi connectivity index (χ0) is 12.1. The van der Waals surface area contributed by atoms with Crippen LogP contribution < -0.4 is 11.1 Å². The fourth-order valence-corrected chi connectivity index (χ4v) is 3.18. The van der Waals surface area contributed by atoms with Crippen LogP contribution in [0.25, 0.3) is 0 Å². The Balaban J connectivity index is 1.91. The Bertz CT molecular complexity index is 231. The molecule has 3 N–H and O–H groups in total. The van der Waals surface area contributed by atoms with Crippen molar-refractivity contribution >= 4 is 0 Å². The van der Waals surface area contributed by atoms with Crippen LogP contribution in [0.2, 0.25) is 0 Å².